The quantitative estimate of drug-likeness (QED) is 0.800. The number of aryl methyl sites for hydroxylation is 1. The van der Waals surface area contributed by atoms with Crippen LogP contribution in [0.1, 0.15) is 5.56 Å². The number of aromatic nitrogens is 2. The Morgan fingerprint density at radius 1 is 1.26 bits per heavy atom. The molecule has 0 amide bonds. The fourth-order valence-corrected chi connectivity index (χ4v) is 2.09. The molecule has 0 radical (unpaired) electrons. The fourth-order valence-electron chi connectivity index (χ4n) is 1.72. The minimum absolute atomic E-state index is 0.0218. The van der Waals surface area contributed by atoms with E-state index in [1.54, 1.807) is 24.3 Å². The molecule has 0 spiro atoms. The van der Waals surface area contributed by atoms with Crippen LogP contribution in [0.4, 0.5) is 5.82 Å². The Morgan fingerprint density at radius 2 is 2.05 bits per heavy atom. The van der Waals surface area contributed by atoms with Gasteiger partial charge >= 0.3 is 0 Å². The lowest BCUT2D eigenvalue weighted by Crippen LogP contribution is -2.07. The average molecular weight is 280 g/mol. The van der Waals surface area contributed by atoms with E-state index >= 15 is 0 Å². The number of halogens is 1. The molecule has 19 heavy (non-hydrogen) atoms. The van der Waals surface area contributed by atoms with Crippen LogP contribution < -0.4 is 5.32 Å². The van der Waals surface area contributed by atoms with Crippen LogP contribution in [0.5, 0.6) is 5.75 Å². The van der Waals surface area contributed by atoms with Crippen LogP contribution in [0.2, 0.25) is 5.02 Å². The maximum Gasteiger partial charge on any atom is 0.148 e. The fraction of sp³-hybridized carbons (Fsp3) is 0.231. The van der Waals surface area contributed by atoms with Crippen molar-refractivity contribution >= 4 is 17.4 Å². The molecule has 3 N–H and O–H groups in total. The van der Waals surface area contributed by atoms with E-state index in [0.29, 0.717) is 28.6 Å². The lowest BCUT2D eigenvalue weighted by Gasteiger charge is -2.08. The largest absolute Gasteiger partial charge is 0.507 e. The highest BCUT2D eigenvalue weighted by molar-refractivity contribution is 6.33. The summed E-state index contributed by atoms with van der Waals surface area (Å²) in [6.45, 7) is 2.28. The lowest BCUT2D eigenvalue weighted by molar-refractivity contribution is 0.311. The van der Waals surface area contributed by atoms with E-state index < -0.39 is 0 Å². The Labute approximate surface area is 115 Å². The van der Waals surface area contributed by atoms with E-state index in [9.17, 15) is 5.11 Å². The van der Waals surface area contributed by atoms with Crippen molar-refractivity contribution in [2.75, 3.05) is 18.5 Å². The monoisotopic (exact) mass is 279 g/mol. The summed E-state index contributed by atoms with van der Waals surface area (Å²) < 4.78 is 0. The molecular weight excluding hydrogens is 266 g/mol. The van der Waals surface area contributed by atoms with E-state index in [1.807, 2.05) is 6.92 Å². The van der Waals surface area contributed by atoms with Crippen molar-refractivity contribution in [2.45, 2.75) is 6.92 Å². The molecule has 0 unspecified atom stereocenters. The number of anilines is 1. The maximum absolute atomic E-state index is 9.94. The zero-order valence-corrected chi connectivity index (χ0v) is 11.1. The van der Waals surface area contributed by atoms with Crippen LogP contribution in [0, 0.1) is 6.92 Å². The number of hydrogen-bond donors (Lipinski definition) is 3. The van der Waals surface area contributed by atoms with Gasteiger partial charge < -0.3 is 15.5 Å². The number of phenols is 1. The van der Waals surface area contributed by atoms with Gasteiger partial charge in [0.15, 0.2) is 0 Å². The van der Waals surface area contributed by atoms with Gasteiger partial charge in [-0.25, -0.2) is 0 Å². The smallest absolute Gasteiger partial charge is 0.148 e. The summed E-state index contributed by atoms with van der Waals surface area (Å²) in [5.74, 6) is 0.635. The van der Waals surface area contributed by atoms with Gasteiger partial charge in [0, 0.05) is 6.54 Å². The normalized spacial score (nSPS) is 10.5. The molecule has 1 aromatic carbocycles. The second-order valence-electron chi connectivity index (χ2n) is 4.10. The molecule has 100 valence electrons. The minimum atomic E-state index is 0.0218. The first-order valence-electron chi connectivity index (χ1n) is 5.79. The molecular formula is C13H14ClN3O2. The first-order valence-corrected chi connectivity index (χ1v) is 6.17. The number of nitrogens with zero attached hydrogens (tertiary/aromatic N) is 2. The molecule has 0 aliphatic heterocycles. The number of hydrogen-bond acceptors (Lipinski definition) is 5. The highest BCUT2D eigenvalue weighted by atomic mass is 35.5. The minimum Gasteiger partial charge on any atom is -0.507 e. The summed E-state index contributed by atoms with van der Waals surface area (Å²) in [6.07, 6.45) is 0. The van der Waals surface area contributed by atoms with Gasteiger partial charge in [-0.05, 0) is 36.8 Å². The number of aliphatic hydroxyl groups excluding tert-OH is 1. The Bertz CT molecular complexity index is 550. The van der Waals surface area contributed by atoms with Crippen molar-refractivity contribution < 1.29 is 10.2 Å². The Kier molecular flexibility index (Phi) is 4.19. The Morgan fingerprint density at radius 3 is 2.63 bits per heavy atom. The molecule has 1 aromatic heterocycles. The topological polar surface area (TPSA) is 78.3 Å². The first-order chi connectivity index (χ1) is 9.11. The number of benzene rings is 1. The second kappa shape index (κ2) is 5.86. The van der Waals surface area contributed by atoms with Gasteiger partial charge in [-0.3, -0.25) is 0 Å². The van der Waals surface area contributed by atoms with E-state index in [2.05, 4.69) is 15.5 Å². The third-order valence-electron chi connectivity index (χ3n) is 2.55. The van der Waals surface area contributed by atoms with E-state index in [4.69, 9.17) is 16.7 Å². The molecule has 0 fully saturated rings. The van der Waals surface area contributed by atoms with Crippen LogP contribution in [0.25, 0.3) is 11.3 Å². The van der Waals surface area contributed by atoms with Crippen LogP contribution in [-0.4, -0.2) is 33.6 Å². The summed E-state index contributed by atoms with van der Waals surface area (Å²) in [7, 11) is 0. The molecule has 6 heteroatoms. The Balaban J connectivity index is 2.32. The molecule has 0 aliphatic carbocycles. The van der Waals surface area contributed by atoms with Crippen molar-refractivity contribution in [2.24, 2.45) is 0 Å². The van der Waals surface area contributed by atoms with E-state index in [-0.39, 0.29) is 12.4 Å². The molecule has 0 saturated carbocycles. The molecule has 1 heterocycles. The third kappa shape index (κ3) is 3.13. The summed E-state index contributed by atoms with van der Waals surface area (Å²) in [4.78, 5) is 0. The van der Waals surface area contributed by atoms with Crippen molar-refractivity contribution in [1.82, 2.24) is 10.2 Å². The van der Waals surface area contributed by atoms with Gasteiger partial charge in [-0.15, -0.1) is 10.2 Å². The number of phenolic OH excluding ortho intramolecular Hbond substituents is 1. The van der Waals surface area contributed by atoms with Crippen LogP contribution in [-0.2, 0) is 0 Å². The molecule has 0 aliphatic rings. The predicted octanol–water partition coefficient (Wildman–Crippen LogP) is 2.22. The number of nitrogens with one attached hydrogen (secondary N) is 1. The SMILES string of the molecule is Cc1cc(O)c(-c2ccc(NCCO)nn2)c(Cl)c1. The second-order valence-corrected chi connectivity index (χ2v) is 4.50. The predicted molar refractivity (Wildman–Crippen MR) is 74.5 cm³/mol. The summed E-state index contributed by atoms with van der Waals surface area (Å²) in [5.41, 5.74) is 1.84. The maximum atomic E-state index is 9.94. The van der Waals surface area contributed by atoms with Gasteiger partial charge in [0.1, 0.15) is 11.6 Å². The molecule has 0 atom stereocenters. The van der Waals surface area contributed by atoms with Crippen molar-refractivity contribution in [3.63, 3.8) is 0 Å². The first kappa shape index (κ1) is 13.6. The zero-order valence-electron chi connectivity index (χ0n) is 10.4. The van der Waals surface area contributed by atoms with Crippen molar-refractivity contribution in [3.05, 3.63) is 34.9 Å². The Hall–Kier alpha value is -1.85. The summed E-state index contributed by atoms with van der Waals surface area (Å²) in [5, 5.41) is 29.9. The number of rotatable bonds is 4. The molecule has 0 saturated heterocycles. The zero-order chi connectivity index (χ0) is 13.8. The van der Waals surface area contributed by atoms with Crippen LogP contribution in [0.15, 0.2) is 24.3 Å². The molecule has 0 bridgehead atoms. The van der Waals surface area contributed by atoms with E-state index in [0.717, 1.165) is 5.56 Å². The van der Waals surface area contributed by atoms with Crippen molar-refractivity contribution in [1.29, 1.82) is 0 Å². The van der Waals surface area contributed by atoms with Crippen molar-refractivity contribution in [3.8, 4) is 17.0 Å². The summed E-state index contributed by atoms with van der Waals surface area (Å²) in [6, 6.07) is 6.81. The van der Waals surface area contributed by atoms with Gasteiger partial charge in [0.25, 0.3) is 0 Å². The van der Waals surface area contributed by atoms with Gasteiger partial charge in [0.05, 0.1) is 22.9 Å². The molecule has 5 nitrogen and oxygen atoms in total. The summed E-state index contributed by atoms with van der Waals surface area (Å²) >= 11 is 6.12. The standard InChI is InChI=1S/C13H14ClN3O2/c1-8-6-9(14)13(11(19)7-8)10-2-3-12(17-16-10)15-4-5-18/h2-3,6-7,18-19H,4-5H2,1H3,(H,15,17). The lowest BCUT2D eigenvalue weighted by atomic mass is 10.1. The third-order valence-corrected chi connectivity index (χ3v) is 2.85. The van der Waals surface area contributed by atoms with Gasteiger partial charge in [0.2, 0.25) is 0 Å². The average Bonchev–Trinajstić information content (AvgIpc) is 2.36. The van der Waals surface area contributed by atoms with Crippen LogP contribution in [0.3, 0.4) is 0 Å². The van der Waals surface area contributed by atoms with Crippen LogP contribution >= 0.6 is 11.6 Å². The van der Waals surface area contributed by atoms with Gasteiger partial charge in [-0.1, -0.05) is 11.6 Å². The molecule has 2 aromatic rings. The highest BCUT2D eigenvalue weighted by Gasteiger charge is 2.12. The van der Waals surface area contributed by atoms with Gasteiger partial charge in [-0.2, -0.15) is 0 Å². The number of aromatic hydroxyl groups is 1. The van der Waals surface area contributed by atoms with E-state index in [1.165, 1.54) is 0 Å². The molecule has 2 rings (SSSR count). The number of aliphatic hydroxyl groups is 1. The highest BCUT2D eigenvalue weighted by Crippen LogP contribution is 2.35.